The quantitative estimate of drug-likeness (QED) is 0.0810. The number of hydrogen-bond acceptors (Lipinski definition) is 0. The zero-order chi connectivity index (χ0) is 46.3. The Labute approximate surface area is 331 Å². The van der Waals surface area contributed by atoms with Crippen LogP contribution < -0.4 is 0 Å². The number of benzene rings is 6. The summed E-state index contributed by atoms with van der Waals surface area (Å²) in [7, 11) is 0. The van der Waals surface area contributed by atoms with E-state index in [0.717, 1.165) is 42.5 Å². The molecule has 0 atom stereocenters. The van der Waals surface area contributed by atoms with Crippen LogP contribution in [0.15, 0.2) is 72.8 Å². The molecule has 0 saturated heterocycles. The minimum Gasteiger partial charge on any atom is -0.207 e. The Hall–Kier alpha value is -5.94. The summed E-state index contributed by atoms with van der Waals surface area (Å²) in [4.78, 5) is 0. The molecule has 0 radical (unpaired) electrons. The lowest BCUT2D eigenvalue weighted by Crippen LogP contribution is -1.92. The summed E-state index contributed by atoms with van der Waals surface area (Å²) in [5.74, 6) is -18.6. The van der Waals surface area contributed by atoms with Crippen LogP contribution in [-0.4, -0.2) is 0 Å². The predicted octanol–water partition coefficient (Wildman–Crippen LogP) is 14.5. The standard InChI is InChI=1S/6C7H5F3/c1-4-6(9)2-5(8)3-7(4)10;1-4-2-6(9)7(10)3-5(4)8;1-4-2-5(8)3-6(9)7(4)10;1-4-2-5(8)7(10)6(9)3-4;1-4-5(8)2-3-6(9)7(4)10;1-4-2-3-5(8)7(10)6(4)9/h6*2-3H,1H3. The second-order valence-corrected chi connectivity index (χ2v) is 12.0. The monoisotopic (exact) mass is 876 g/mol. The van der Waals surface area contributed by atoms with Crippen molar-refractivity contribution in [3.8, 4) is 0 Å². The lowest BCUT2D eigenvalue weighted by Gasteiger charge is -1.97. The van der Waals surface area contributed by atoms with Crippen molar-refractivity contribution in [1.82, 2.24) is 0 Å². The minimum absolute atomic E-state index is 0.0162. The van der Waals surface area contributed by atoms with E-state index in [-0.39, 0.29) is 27.8 Å². The molecule has 0 N–H and O–H groups in total. The van der Waals surface area contributed by atoms with Gasteiger partial charge in [0, 0.05) is 35.4 Å². The first-order valence-corrected chi connectivity index (χ1v) is 16.3. The van der Waals surface area contributed by atoms with Gasteiger partial charge in [-0.05, 0) is 106 Å². The maximum absolute atomic E-state index is 12.4. The van der Waals surface area contributed by atoms with Crippen molar-refractivity contribution in [2.45, 2.75) is 41.5 Å². The molecule has 0 fully saturated rings. The summed E-state index contributed by atoms with van der Waals surface area (Å²) in [6, 6.07) is 9.75. The summed E-state index contributed by atoms with van der Waals surface area (Å²) >= 11 is 0. The summed E-state index contributed by atoms with van der Waals surface area (Å²) in [6.45, 7) is 7.99. The first-order valence-electron chi connectivity index (χ1n) is 16.3. The van der Waals surface area contributed by atoms with E-state index in [1.165, 1.54) is 47.6 Å². The van der Waals surface area contributed by atoms with Crippen molar-refractivity contribution in [1.29, 1.82) is 0 Å². The topological polar surface area (TPSA) is 0 Å². The van der Waals surface area contributed by atoms with Gasteiger partial charge in [-0.2, -0.15) is 0 Å². The predicted molar refractivity (Wildman–Crippen MR) is 186 cm³/mol. The van der Waals surface area contributed by atoms with E-state index in [4.69, 9.17) is 0 Å². The molecule has 6 aromatic carbocycles. The maximum atomic E-state index is 12.4. The third-order valence-electron chi connectivity index (χ3n) is 7.25. The molecule has 6 rings (SSSR count). The average Bonchev–Trinajstić information content (AvgIpc) is 3.17. The van der Waals surface area contributed by atoms with Gasteiger partial charge < -0.3 is 0 Å². The van der Waals surface area contributed by atoms with Crippen LogP contribution in [0.3, 0.4) is 0 Å². The average molecular weight is 877 g/mol. The van der Waals surface area contributed by atoms with Crippen molar-refractivity contribution in [3.63, 3.8) is 0 Å². The van der Waals surface area contributed by atoms with Crippen molar-refractivity contribution < 1.29 is 79.0 Å². The minimum atomic E-state index is -1.41. The van der Waals surface area contributed by atoms with E-state index in [2.05, 4.69) is 0 Å². The Morgan fingerprint density at radius 1 is 0.233 bits per heavy atom. The second-order valence-electron chi connectivity index (χ2n) is 12.0. The van der Waals surface area contributed by atoms with Gasteiger partial charge in [-0.25, -0.2) is 79.0 Å². The number of rotatable bonds is 0. The van der Waals surface area contributed by atoms with E-state index >= 15 is 0 Å². The van der Waals surface area contributed by atoms with Crippen LogP contribution in [0.2, 0.25) is 0 Å². The van der Waals surface area contributed by atoms with Crippen LogP contribution in [0.1, 0.15) is 33.4 Å². The fourth-order valence-electron chi connectivity index (χ4n) is 3.85. The van der Waals surface area contributed by atoms with Gasteiger partial charge in [-0.1, -0.05) is 6.07 Å². The van der Waals surface area contributed by atoms with E-state index in [1.54, 1.807) is 0 Å². The summed E-state index contributed by atoms with van der Waals surface area (Å²) < 4.78 is 221. The first kappa shape index (κ1) is 52.1. The van der Waals surface area contributed by atoms with Crippen LogP contribution in [0, 0.1) is 146 Å². The zero-order valence-electron chi connectivity index (χ0n) is 31.7. The van der Waals surface area contributed by atoms with Gasteiger partial charge in [-0.15, -0.1) is 0 Å². The van der Waals surface area contributed by atoms with Crippen LogP contribution in [0.5, 0.6) is 0 Å². The lowest BCUT2D eigenvalue weighted by atomic mass is 10.2. The lowest BCUT2D eigenvalue weighted by molar-refractivity contribution is 0.443. The van der Waals surface area contributed by atoms with Crippen molar-refractivity contribution in [3.05, 3.63) is 211 Å². The van der Waals surface area contributed by atoms with Gasteiger partial charge >= 0.3 is 0 Å². The highest BCUT2D eigenvalue weighted by Crippen LogP contribution is 2.17. The summed E-state index contributed by atoms with van der Waals surface area (Å²) in [5.41, 5.74) is 0.146. The van der Waals surface area contributed by atoms with Gasteiger partial charge in [0.05, 0.1) is 0 Å². The smallest absolute Gasteiger partial charge is 0.194 e. The molecule has 0 aliphatic rings. The van der Waals surface area contributed by atoms with Gasteiger partial charge in [0.15, 0.2) is 69.8 Å². The van der Waals surface area contributed by atoms with Crippen LogP contribution in [-0.2, 0) is 0 Å². The van der Waals surface area contributed by atoms with Crippen molar-refractivity contribution in [2.75, 3.05) is 0 Å². The fourth-order valence-corrected chi connectivity index (χ4v) is 3.85. The van der Waals surface area contributed by atoms with Crippen molar-refractivity contribution in [2.24, 2.45) is 0 Å². The third kappa shape index (κ3) is 16.0. The molecule has 0 aliphatic heterocycles. The fraction of sp³-hybridized carbons (Fsp3) is 0.143. The maximum Gasteiger partial charge on any atom is 0.194 e. The summed E-state index contributed by atoms with van der Waals surface area (Å²) in [6.07, 6.45) is 0. The molecule has 0 saturated carbocycles. The molecule has 0 spiro atoms. The molecule has 0 unspecified atom stereocenters. The molecule has 0 heterocycles. The molecular formula is C42H30F18. The van der Waals surface area contributed by atoms with Crippen LogP contribution in [0.25, 0.3) is 0 Å². The third-order valence-corrected chi connectivity index (χ3v) is 7.25. The highest BCUT2D eigenvalue weighted by Gasteiger charge is 2.11. The molecule has 0 nitrogen and oxygen atoms in total. The van der Waals surface area contributed by atoms with E-state index in [1.807, 2.05) is 0 Å². The van der Waals surface area contributed by atoms with Gasteiger partial charge in [-0.3, -0.25) is 0 Å². The molecular weight excluding hydrogens is 846 g/mol. The highest BCUT2D eigenvalue weighted by molar-refractivity contribution is 5.22. The molecule has 0 amide bonds. The van der Waals surface area contributed by atoms with Crippen LogP contribution >= 0.6 is 0 Å². The Morgan fingerprint density at radius 2 is 0.650 bits per heavy atom. The van der Waals surface area contributed by atoms with Gasteiger partial charge in [0.25, 0.3) is 0 Å². The molecule has 0 aromatic heterocycles. The van der Waals surface area contributed by atoms with E-state index < -0.39 is 105 Å². The van der Waals surface area contributed by atoms with E-state index in [0.29, 0.717) is 29.8 Å². The van der Waals surface area contributed by atoms with Gasteiger partial charge in [0.1, 0.15) is 34.9 Å². The zero-order valence-corrected chi connectivity index (χ0v) is 31.7. The molecule has 324 valence electrons. The number of hydrogen-bond donors (Lipinski definition) is 0. The SMILES string of the molecule is Cc1c(F)cc(F)cc1F.Cc1c(F)ccc(F)c1F.Cc1cc(F)c(F)c(F)c1.Cc1cc(F)c(F)cc1F.Cc1cc(F)cc(F)c1F.Cc1ccc(F)c(F)c1F. The second kappa shape index (κ2) is 23.6. The number of aryl methyl sites for hydroxylation is 4. The molecule has 6 aromatic rings. The Bertz CT molecular complexity index is 2030. The Morgan fingerprint density at radius 3 is 1.12 bits per heavy atom. The van der Waals surface area contributed by atoms with Crippen molar-refractivity contribution >= 4 is 0 Å². The molecule has 18 heteroatoms. The molecule has 0 bridgehead atoms. The molecule has 60 heavy (non-hydrogen) atoms. The highest BCUT2D eigenvalue weighted by atomic mass is 19.2. The number of halogens is 18. The van der Waals surface area contributed by atoms with Crippen LogP contribution in [0.4, 0.5) is 79.0 Å². The largest absolute Gasteiger partial charge is 0.207 e. The summed E-state index contributed by atoms with van der Waals surface area (Å²) in [5, 5.41) is 0. The normalized spacial score (nSPS) is 10.0. The van der Waals surface area contributed by atoms with Gasteiger partial charge in [0.2, 0.25) is 0 Å². The Kier molecular flexibility index (Phi) is 20.5. The first-order chi connectivity index (χ1) is 27.7. The Balaban J connectivity index is 0.000000360. The molecule has 0 aliphatic carbocycles. The van der Waals surface area contributed by atoms with E-state index in [9.17, 15) is 79.0 Å².